The molecule has 1 rings (SSSR count). The van der Waals surface area contributed by atoms with Gasteiger partial charge in [-0.15, -0.1) is 0 Å². The average Bonchev–Trinajstić information content (AvgIpc) is 2.40. The summed E-state index contributed by atoms with van der Waals surface area (Å²) in [6, 6.07) is 7.29. The Morgan fingerprint density at radius 2 is 2.15 bits per heavy atom. The number of hydrogen-bond acceptors (Lipinski definition) is 3. The first-order chi connectivity index (χ1) is 9.54. The van der Waals surface area contributed by atoms with Crippen molar-refractivity contribution in [3.05, 3.63) is 28.7 Å². The highest BCUT2D eigenvalue weighted by molar-refractivity contribution is 9.10. The molecule has 0 radical (unpaired) electrons. The summed E-state index contributed by atoms with van der Waals surface area (Å²) in [5, 5.41) is 2.76. The first-order valence-corrected chi connectivity index (χ1v) is 7.13. The molecule has 6 heteroatoms. The van der Waals surface area contributed by atoms with E-state index in [0.717, 1.165) is 10.9 Å². The van der Waals surface area contributed by atoms with E-state index in [2.05, 4.69) is 21.2 Å². The van der Waals surface area contributed by atoms with Crippen LogP contribution in [0.5, 0.6) is 0 Å². The Morgan fingerprint density at radius 1 is 1.40 bits per heavy atom. The van der Waals surface area contributed by atoms with E-state index < -0.39 is 0 Å². The van der Waals surface area contributed by atoms with Crippen molar-refractivity contribution in [1.82, 2.24) is 5.32 Å². The second-order valence-corrected chi connectivity index (χ2v) is 5.20. The molecule has 20 heavy (non-hydrogen) atoms. The maximum atomic E-state index is 11.8. The van der Waals surface area contributed by atoms with Crippen LogP contribution in [0.2, 0.25) is 0 Å². The summed E-state index contributed by atoms with van der Waals surface area (Å²) in [6.07, 6.45) is 0.749. The third-order valence-corrected chi connectivity index (χ3v) is 3.14. The molecule has 0 saturated carbocycles. The van der Waals surface area contributed by atoms with E-state index in [9.17, 15) is 9.59 Å². The molecule has 0 spiro atoms. The molecule has 0 aromatic heterocycles. The van der Waals surface area contributed by atoms with Crippen molar-refractivity contribution in [3.8, 4) is 0 Å². The van der Waals surface area contributed by atoms with Crippen LogP contribution in [0.3, 0.4) is 0 Å². The third kappa shape index (κ3) is 5.71. The van der Waals surface area contributed by atoms with Gasteiger partial charge in [0.1, 0.15) is 6.54 Å². The molecule has 0 aliphatic carbocycles. The number of nitrogens with one attached hydrogen (secondary N) is 1. The van der Waals surface area contributed by atoms with Crippen LogP contribution in [0.25, 0.3) is 0 Å². The molecule has 1 aromatic rings. The maximum absolute atomic E-state index is 11.8. The second kappa shape index (κ2) is 8.71. The standard InChI is InChI=1S/C14H19BrN2O3/c1-11(18)17(13-6-3-5-12(15)9-13)10-14(19)16-7-4-8-20-2/h3,5-6,9H,4,7-8,10H2,1-2H3,(H,16,19). The Bertz CT molecular complexity index is 465. The first kappa shape index (κ1) is 16.7. The van der Waals surface area contributed by atoms with Crippen LogP contribution < -0.4 is 10.2 Å². The lowest BCUT2D eigenvalue weighted by Gasteiger charge is -2.20. The average molecular weight is 343 g/mol. The summed E-state index contributed by atoms with van der Waals surface area (Å²) in [6.45, 7) is 2.59. The summed E-state index contributed by atoms with van der Waals surface area (Å²) in [5.74, 6) is -0.355. The van der Waals surface area contributed by atoms with Gasteiger partial charge in [-0.2, -0.15) is 0 Å². The summed E-state index contributed by atoms with van der Waals surface area (Å²) in [4.78, 5) is 24.9. The first-order valence-electron chi connectivity index (χ1n) is 6.34. The van der Waals surface area contributed by atoms with Gasteiger partial charge in [-0.3, -0.25) is 9.59 Å². The normalized spacial score (nSPS) is 10.2. The third-order valence-electron chi connectivity index (χ3n) is 2.65. The molecular formula is C14H19BrN2O3. The second-order valence-electron chi connectivity index (χ2n) is 4.28. The number of anilines is 1. The minimum atomic E-state index is -0.184. The molecule has 110 valence electrons. The van der Waals surface area contributed by atoms with Crippen LogP contribution in [0.15, 0.2) is 28.7 Å². The van der Waals surface area contributed by atoms with Gasteiger partial charge in [-0.25, -0.2) is 0 Å². The lowest BCUT2D eigenvalue weighted by Crippen LogP contribution is -2.40. The van der Waals surface area contributed by atoms with E-state index in [1.165, 1.54) is 11.8 Å². The van der Waals surface area contributed by atoms with Crippen molar-refractivity contribution in [1.29, 1.82) is 0 Å². The molecular weight excluding hydrogens is 324 g/mol. The zero-order valence-electron chi connectivity index (χ0n) is 11.7. The monoisotopic (exact) mass is 342 g/mol. The molecule has 1 N–H and O–H groups in total. The fourth-order valence-electron chi connectivity index (χ4n) is 1.67. The lowest BCUT2D eigenvalue weighted by molar-refractivity contribution is -0.123. The number of halogens is 1. The van der Waals surface area contributed by atoms with Gasteiger partial charge in [0.25, 0.3) is 0 Å². The number of hydrogen-bond donors (Lipinski definition) is 1. The predicted octanol–water partition coefficient (Wildman–Crippen LogP) is 1.95. The molecule has 1 aromatic carbocycles. The molecule has 0 aliphatic heterocycles. The summed E-state index contributed by atoms with van der Waals surface area (Å²) >= 11 is 3.35. The van der Waals surface area contributed by atoms with Gasteiger partial charge in [-0.05, 0) is 24.6 Å². The van der Waals surface area contributed by atoms with Crippen molar-refractivity contribution in [2.45, 2.75) is 13.3 Å². The quantitative estimate of drug-likeness (QED) is 0.770. The van der Waals surface area contributed by atoms with E-state index in [4.69, 9.17) is 4.74 Å². The SMILES string of the molecule is COCCCNC(=O)CN(C(C)=O)c1cccc(Br)c1. The van der Waals surface area contributed by atoms with Gasteiger partial charge >= 0.3 is 0 Å². The number of rotatable bonds is 7. The highest BCUT2D eigenvalue weighted by Gasteiger charge is 2.15. The van der Waals surface area contributed by atoms with Crippen LogP contribution in [0.1, 0.15) is 13.3 Å². The van der Waals surface area contributed by atoms with Crippen LogP contribution in [0.4, 0.5) is 5.69 Å². The van der Waals surface area contributed by atoms with E-state index in [1.807, 2.05) is 12.1 Å². The Hall–Kier alpha value is -1.40. The Morgan fingerprint density at radius 3 is 2.75 bits per heavy atom. The smallest absolute Gasteiger partial charge is 0.240 e. The molecule has 0 atom stereocenters. The molecule has 0 unspecified atom stereocenters. The number of carbonyl (C=O) groups excluding carboxylic acids is 2. The molecule has 5 nitrogen and oxygen atoms in total. The lowest BCUT2D eigenvalue weighted by atomic mass is 10.3. The van der Waals surface area contributed by atoms with E-state index in [-0.39, 0.29) is 18.4 Å². The molecule has 0 heterocycles. The minimum Gasteiger partial charge on any atom is -0.385 e. The van der Waals surface area contributed by atoms with E-state index in [0.29, 0.717) is 18.8 Å². The van der Waals surface area contributed by atoms with Crippen LogP contribution >= 0.6 is 15.9 Å². The Balaban J connectivity index is 2.59. The molecule has 2 amide bonds. The topological polar surface area (TPSA) is 58.6 Å². The van der Waals surface area contributed by atoms with Crippen molar-refractivity contribution < 1.29 is 14.3 Å². The summed E-state index contributed by atoms with van der Waals surface area (Å²) in [5.41, 5.74) is 0.693. The highest BCUT2D eigenvalue weighted by atomic mass is 79.9. The van der Waals surface area contributed by atoms with Gasteiger partial charge in [0.2, 0.25) is 11.8 Å². The number of amides is 2. The van der Waals surface area contributed by atoms with Gasteiger partial charge in [-0.1, -0.05) is 22.0 Å². The van der Waals surface area contributed by atoms with Crippen LogP contribution in [0, 0.1) is 0 Å². The van der Waals surface area contributed by atoms with Crippen molar-refractivity contribution in [2.24, 2.45) is 0 Å². The number of methoxy groups -OCH3 is 1. The van der Waals surface area contributed by atoms with Crippen molar-refractivity contribution in [2.75, 3.05) is 31.7 Å². The number of benzene rings is 1. The fraction of sp³-hybridized carbons (Fsp3) is 0.429. The predicted molar refractivity (Wildman–Crippen MR) is 81.7 cm³/mol. The molecule has 0 fully saturated rings. The largest absolute Gasteiger partial charge is 0.385 e. The molecule has 0 bridgehead atoms. The number of nitrogens with zero attached hydrogens (tertiary/aromatic N) is 1. The highest BCUT2D eigenvalue weighted by Crippen LogP contribution is 2.19. The number of carbonyl (C=O) groups is 2. The van der Waals surface area contributed by atoms with E-state index >= 15 is 0 Å². The van der Waals surface area contributed by atoms with E-state index in [1.54, 1.807) is 19.2 Å². The van der Waals surface area contributed by atoms with Crippen molar-refractivity contribution in [3.63, 3.8) is 0 Å². The number of ether oxygens (including phenoxy) is 1. The van der Waals surface area contributed by atoms with Gasteiger partial charge in [0, 0.05) is 37.3 Å². The van der Waals surface area contributed by atoms with Crippen LogP contribution in [-0.4, -0.2) is 38.6 Å². The molecule has 0 saturated heterocycles. The zero-order chi connectivity index (χ0) is 15.0. The summed E-state index contributed by atoms with van der Waals surface area (Å²) in [7, 11) is 1.62. The van der Waals surface area contributed by atoms with Gasteiger partial charge in [0.15, 0.2) is 0 Å². The zero-order valence-corrected chi connectivity index (χ0v) is 13.3. The van der Waals surface area contributed by atoms with Gasteiger partial charge in [0.05, 0.1) is 0 Å². The maximum Gasteiger partial charge on any atom is 0.240 e. The Labute approximate surface area is 127 Å². The minimum absolute atomic E-state index is 0.0127. The Kier molecular flexibility index (Phi) is 7.25. The molecule has 0 aliphatic rings. The van der Waals surface area contributed by atoms with Crippen molar-refractivity contribution >= 4 is 33.4 Å². The van der Waals surface area contributed by atoms with Gasteiger partial charge < -0.3 is 15.0 Å². The summed E-state index contributed by atoms with van der Waals surface area (Å²) < 4.78 is 5.77. The fourth-order valence-corrected chi connectivity index (χ4v) is 2.06. The van der Waals surface area contributed by atoms with Crippen LogP contribution in [-0.2, 0) is 14.3 Å².